The maximum absolute atomic E-state index is 12.6. The Morgan fingerprint density at radius 3 is 2.31 bits per heavy atom. The van der Waals surface area contributed by atoms with Gasteiger partial charge in [-0.1, -0.05) is 67.6 Å². The van der Waals surface area contributed by atoms with Crippen molar-refractivity contribution in [2.75, 3.05) is 6.54 Å². The number of carbonyl (C=O) groups is 2. The summed E-state index contributed by atoms with van der Waals surface area (Å²) in [5.41, 5.74) is 2.69. The van der Waals surface area contributed by atoms with Gasteiger partial charge >= 0.3 is 5.97 Å². The van der Waals surface area contributed by atoms with Crippen LogP contribution >= 0.6 is 11.3 Å². The van der Waals surface area contributed by atoms with Gasteiger partial charge in [-0.25, -0.2) is 9.78 Å². The summed E-state index contributed by atoms with van der Waals surface area (Å²) in [5.74, 6) is -0.673. The highest BCUT2D eigenvalue weighted by atomic mass is 32.1. The molecular weight excluding hydrogens is 384 g/mol. The van der Waals surface area contributed by atoms with Crippen LogP contribution in [0.25, 0.3) is 10.6 Å². The molecule has 2 atom stereocenters. The number of nitrogens with zero attached hydrogens (tertiary/aromatic N) is 1. The fraction of sp³-hybridized carbons (Fsp3) is 0.261. The van der Waals surface area contributed by atoms with E-state index in [1.54, 1.807) is 13.8 Å². The van der Waals surface area contributed by atoms with Gasteiger partial charge in [0.25, 0.3) is 5.91 Å². The molecule has 150 valence electrons. The number of ether oxygens (including phenoxy) is 1. The third-order valence-electron chi connectivity index (χ3n) is 4.61. The quantitative estimate of drug-likeness (QED) is 0.581. The number of hydrogen-bond donors (Lipinski definition) is 1. The number of amides is 1. The first kappa shape index (κ1) is 20.7. The fourth-order valence-electron chi connectivity index (χ4n) is 2.85. The van der Waals surface area contributed by atoms with E-state index in [9.17, 15) is 9.59 Å². The lowest BCUT2D eigenvalue weighted by atomic mass is 10.0. The fourth-order valence-corrected chi connectivity index (χ4v) is 3.81. The average molecular weight is 409 g/mol. The van der Waals surface area contributed by atoms with E-state index < -0.39 is 12.1 Å². The minimum absolute atomic E-state index is 0.167. The van der Waals surface area contributed by atoms with Crippen LogP contribution in [-0.4, -0.2) is 29.5 Å². The highest BCUT2D eigenvalue weighted by Crippen LogP contribution is 2.28. The van der Waals surface area contributed by atoms with Gasteiger partial charge in [-0.3, -0.25) is 4.79 Å². The lowest BCUT2D eigenvalue weighted by molar-refractivity contribution is -0.129. The van der Waals surface area contributed by atoms with E-state index >= 15 is 0 Å². The summed E-state index contributed by atoms with van der Waals surface area (Å²) < 4.78 is 5.39. The normalized spacial score (nSPS) is 12.8. The third kappa shape index (κ3) is 5.29. The molecule has 1 amide bonds. The highest BCUT2D eigenvalue weighted by molar-refractivity contribution is 7.17. The van der Waals surface area contributed by atoms with Crippen LogP contribution < -0.4 is 5.32 Å². The Hall–Kier alpha value is -2.99. The monoisotopic (exact) mass is 408 g/mol. The van der Waals surface area contributed by atoms with Gasteiger partial charge in [-0.15, -0.1) is 11.3 Å². The molecule has 2 aromatic carbocycles. The lowest BCUT2D eigenvalue weighted by Gasteiger charge is -2.16. The van der Waals surface area contributed by atoms with Crippen molar-refractivity contribution in [3.8, 4) is 10.6 Å². The van der Waals surface area contributed by atoms with Gasteiger partial charge in [0.05, 0.1) is 5.69 Å². The molecule has 0 aliphatic rings. The maximum Gasteiger partial charge on any atom is 0.351 e. The van der Waals surface area contributed by atoms with Crippen molar-refractivity contribution in [1.82, 2.24) is 10.3 Å². The summed E-state index contributed by atoms with van der Waals surface area (Å²) in [6.07, 6.45) is -0.882. The second-order valence-electron chi connectivity index (χ2n) is 6.90. The van der Waals surface area contributed by atoms with E-state index in [1.807, 2.05) is 67.6 Å². The Kier molecular flexibility index (Phi) is 6.77. The molecule has 5 nitrogen and oxygen atoms in total. The van der Waals surface area contributed by atoms with Crippen molar-refractivity contribution >= 4 is 23.2 Å². The minimum Gasteiger partial charge on any atom is -0.448 e. The second-order valence-corrected chi connectivity index (χ2v) is 7.90. The van der Waals surface area contributed by atoms with E-state index in [0.717, 1.165) is 16.1 Å². The van der Waals surface area contributed by atoms with Crippen LogP contribution in [0, 0.1) is 6.92 Å². The first-order valence-electron chi connectivity index (χ1n) is 9.52. The Balaban J connectivity index is 1.57. The lowest BCUT2D eigenvalue weighted by Crippen LogP contribution is -2.37. The molecule has 0 saturated heterocycles. The molecule has 0 aliphatic carbocycles. The first-order chi connectivity index (χ1) is 14.0. The molecule has 1 heterocycles. The molecule has 0 spiro atoms. The Morgan fingerprint density at radius 1 is 1.03 bits per heavy atom. The Labute approximate surface area is 174 Å². The zero-order valence-corrected chi connectivity index (χ0v) is 17.5. The van der Waals surface area contributed by atoms with Crippen LogP contribution in [-0.2, 0) is 9.53 Å². The van der Waals surface area contributed by atoms with Crippen LogP contribution in [0.2, 0.25) is 0 Å². The van der Waals surface area contributed by atoms with Gasteiger partial charge in [0.2, 0.25) is 0 Å². The number of esters is 1. The smallest absolute Gasteiger partial charge is 0.351 e. The predicted molar refractivity (Wildman–Crippen MR) is 115 cm³/mol. The molecule has 0 radical (unpaired) electrons. The van der Waals surface area contributed by atoms with Crippen molar-refractivity contribution in [3.63, 3.8) is 0 Å². The SMILES string of the molecule is Cc1nc(-c2ccccc2)sc1C(=O)O[C@@H](C)C(=O)NC[C@@H](C)c1ccccc1. The Bertz CT molecular complexity index is 970. The van der Waals surface area contributed by atoms with Gasteiger partial charge in [0.15, 0.2) is 6.10 Å². The van der Waals surface area contributed by atoms with E-state index in [1.165, 1.54) is 11.3 Å². The largest absolute Gasteiger partial charge is 0.448 e. The van der Waals surface area contributed by atoms with Crippen LogP contribution in [0.1, 0.15) is 40.7 Å². The van der Waals surface area contributed by atoms with Gasteiger partial charge in [-0.2, -0.15) is 0 Å². The number of carbonyl (C=O) groups excluding carboxylic acids is 2. The van der Waals surface area contributed by atoms with Crippen molar-refractivity contribution < 1.29 is 14.3 Å². The van der Waals surface area contributed by atoms with Crippen LogP contribution in [0.5, 0.6) is 0 Å². The summed E-state index contributed by atoms with van der Waals surface area (Å²) in [7, 11) is 0. The second kappa shape index (κ2) is 9.47. The molecule has 3 aromatic rings. The number of thiazole rings is 1. The topological polar surface area (TPSA) is 68.3 Å². The number of aryl methyl sites for hydroxylation is 1. The number of benzene rings is 2. The molecule has 3 rings (SSSR count). The molecule has 0 saturated carbocycles. The summed E-state index contributed by atoms with van der Waals surface area (Å²) in [4.78, 5) is 29.8. The molecule has 1 aromatic heterocycles. The third-order valence-corrected chi connectivity index (χ3v) is 5.79. The van der Waals surface area contributed by atoms with Crippen LogP contribution in [0.3, 0.4) is 0 Å². The summed E-state index contributed by atoms with van der Waals surface area (Å²) in [6.45, 7) is 5.86. The van der Waals surface area contributed by atoms with E-state index in [4.69, 9.17) is 4.74 Å². The summed E-state index contributed by atoms with van der Waals surface area (Å²) in [6, 6.07) is 19.6. The maximum atomic E-state index is 12.6. The first-order valence-corrected chi connectivity index (χ1v) is 10.3. The number of hydrogen-bond acceptors (Lipinski definition) is 5. The van der Waals surface area contributed by atoms with Crippen molar-refractivity contribution in [3.05, 3.63) is 76.8 Å². The molecule has 0 fully saturated rings. The van der Waals surface area contributed by atoms with E-state index in [2.05, 4.69) is 10.3 Å². The van der Waals surface area contributed by atoms with Gasteiger partial charge in [-0.05, 0) is 25.3 Å². The van der Waals surface area contributed by atoms with Gasteiger partial charge in [0, 0.05) is 12.1 Å². The van der Waals surface area contributed by atoms with Crippen LogP contribution in [0.4, 0.5) is 0 Å². The molecule has 1 N–H and O–H groups in total. The summed E-state index contributed by atoms with van der Waals surface area (Å²) >= 11 is 1.27. The molecule has 0 bridgehead atoms. The van der Waals surface area contributed by atoms with Crippen molar-refractivity contribution in [2.24, 2.45) is 0 Å². The van der Waals surface area contributed by atoms with Gasteiger partial charge < -0.3 is 10.1 Å². The van der Waals surface area contributed by atoms with Crippen molar-refractivity contribution in [1.29, 1.82) is 0 Å². The number of aromatic nitrogens is 1. The predicted octanol–water partition coefficient (Wildman–Crippen LogP) is 4.58. The molecular formula is C23H24N2O3S. The molecule has 6 heteroatoms. The molecule has 0 unspecified atom stereocenters. The van der Waals surface area contributed by atoms with E-state index in [0.29, 0.717) is 17.1 Å². The zero-order chi connectivity index (χ0) is 20.8. The molecule has 29 heavy (non-hydrogen) atoms. The van der Waals surface area contributed by atoms with Crippen molar-refractivity contribution in [2.45, 2.75) is 32.8 Å². The van der Waals surface area contributed by atoms with Crippen LogP contribution in [0.15, 0.2) is 60.7 Å². The number of rotatable bonds is 7. The standard InChI is InChI=1S/C23H24N2O3S/c1-15(18-10-6-4-7-11-18)14-24-21(26)17(3)28-23(27)20-16(2)25-22(29-20)19-12-8-5-9-13-19/h4-13,15,17H,14H2,1-3H3,(H,24,26)/t15-,17+/m1/s1. The molecule has 0 aliphatic heterocycles. The van der Waals surface area contributed by atoms with Gasteiger partial charge in [0.1, 0.15) is 9.88 Å². The minimum atomic E-state index is -0.882. The summed E-state index contributed by atoms with van der Waals surface area (Å²) in [5, 5.41) is 3.61. The van der Waals surface area contributed by atoms with E-state index in [-0.39, 0.29) is 11.8 Å². The zero-order valence-electron chi connectivity index (χ0n) is 16.7. The average Bonchev–Trinajstić information content (AvgIpc) is 3.14. The number of nitrogens with one attached hydrogen (secondary N) is 1. The Morgan fingerprint density at radius 2 is 1.66 bits per heavy atom. The highest BCUT2D eigenvalue weighted by Gasteiger charge is 2.23.